The summed E-state index contributed by atoms with van der Waals surface area (Å²) in [4.78, 5) is 38.1. The summed E-state index contributed by atoms with van der Waals surface area (Å²) >= 11 is 0. The molecule has 5 N–H and O–H groups in total. The number of pyridine rings is 1. The zero-order valence-corrected chi connectivity index (χ0v) is 18.6. The molecular formula is C23H22F3N7O2. The molecule has 2 unspecified atom stereocenters. The van der Waals surface area contributed by atoms with E-state index < -0.39 is 35.6 Å². The maximum absolute atomic E-state index is 13.1. The Bertz CT molecular complexity index is 1260. The molecular weight excluding hydrogens is 463 g/mol. The summed E-state index contributed by atoms with van der Waals surface area (Å²) in [6.45, 7) is 1.91. The Labute approximate surface area is 198 Å². The Balaban J connectivity index is 1.82. The van der Waals surface area contributed by atoms with Crippen molar-refractivity contribution in [3.05, 3.63) is 76.7 Å². The number of hydrogen-bond acceptors (Lipinski definition) is 7. The third-order valence-electron chi connectivity index (χ3n) is 5.69. The molecule has 35 heavy (non-hydrogen) atoms. The number of aromatic nitrogens is 3. The number of alkyl halides is 3. The van der Waals surface area contributed by atoms with Gasteiger partial charge in [-0.1, -0.05) is 24.3 Å². The average Bonchev–Trinajstić information content (AvgIpc) is 2.82. The van der Waals surface area contributed by atoms with Crippen LogP contribution in [0.5, 0.6) is 0 Å². The fraction of sp³-hybridized carbons (Fsp3) is 0.261. The molecule has 182 valence electrons. The highest BCUT2D eigenvalue weighted by atomic mass is 19.4. The number of hydrogen-bond donors (Lipinski definition) is 3. The van der Waals surface area contributed by atoms with Crippen LogP contribution < -0.4 is 21.7 Å². The molecule has 12 heteroatoms. The van der Waals surface area contributed by atoms with E-state index in [0.717, 1.165) is 23.4 Å². The van der Waals surface area contributed by atoms with E-state index in [1.54, 1.807) is 4.90 Å². The number of nitrogens with one attached hydrogen (secondary N) is 1. The van der Waals surface area contributed by atoms with E-state index in [2.05, 4.69) is 20.3 Å². The Kier molecular flexibility index (Phi) is 6.29. The fourth-order valence-electron chi connectivity index (χ4n) is 3.89. The molecule has 0 aliphatic carbocycles. The van der Waals surface area contributed by atoms with Crippen LogP contribution >= 0.6 is 0 Å². The monoisotopic (exact) mass is 485 g/mol. The van der Waals surface area contributed by atoms with Crippen molar-refractivity contribution in [2.75, 3.05) is 16.8 Å². The van der Waals surface area contributed by atoms with Crippen LogP contribution in [-0.4, -0.2) is 39.4 Å². The van der Waals surface area contributed by atoms with Crippen LogP contribution in [0.25, 0.3) is 0 Å². The van der Waals surface area contributed by atoms with Crippen LogP contribution in [0.15, 0.2) is 48.7 Å². The zero-order valence-electron chi connectivity index (χ0n) is 18.6. The molecule has 0 saturated carbocycles. The summed E-state index contributed by atoms with van der Waals surface area (Å²) in [6.07, 6.45) is -3.14. The number of fused-ring (bicyclic) bond motifs is 1. The predicted octanol–water partition coefficient (Wildman–Crippen LogP) is 2.43. The first kappa shape index (κ1) is 23.9. The van der Waals surface area contributed by atoms with Gasteiger partial charge in [0.25, 0.3) is 5.91 Å². The SMILES string of the molecule is CC(Nc1cc(C(N)=O)nc(N2CCc3ccccc3C2c2ccc(C(F)(F)F)cn2)n1)C(N)=O. The summed E-state index contributed by atoms with van der Waals surface area (Å²) in [5.41, 5.74) is 12.0. The number of primary amides is 2. The van der Waals surface area contributed by atoms with Crippen LogP contribution in [0.4, 0.5) is 24.9 Å². The smallest absolute Gasteiger partial charge is 0.368 e. The number of halogens is 3. The van der Waals surface area contributed by atoms with Crippen LogP contribution in [0, 0.1) is 0 Å². The Hall–Kier alpha value is -4.22. The van der Waals surface area contributed by atoms with Crippen molar-refractivity contribution in [2.45, 2.75) is 31.6 Å². The van der Waals surface area contributed by atoms with Gasteiger partial charge in [-0.3, -0.25) is 14.6 Å². The number of anilines is 2. The van der Waals surface area contributed by atoms with E-state index in [-0.39, 0.29) is 17.5 Å². The van der Waals surface area contributed by atoms with E-state index in [4.69, 9.17) is 11.5 Å². The largest absolute Gasteiger partial charge is 0.417 e. The van der Waals surface area contributed by atoms with Crippen molar-refractivity contribution >= 4 is 23.6 Å². The van der Waals surface area contributed by atoms with Crippen LogP contribution in [0.1, 0.15) is 45.8 Å². The lowest BCUT2D eigenvalue weighted by Crippen LogP contribution is -2.38. The van der Waals surface area contributed by atoms with Gasteiger partial charge in [0.2, 0.25) is 11.9 Å². The quantitative estimate of drug-likeness (QED) is 0.487. The summed E-state index contributed by atoms with van der Waals surface area (Å²) < 4.78 is 39.3. The van der Waals surface area contributed by atoms with Gasteiger partial charge in [0.15, 0.2) is 0 Å². The lowest BCUT2D eigenvalue weighted by atomic mass is 9.90. The third-order valence-corrected chi connectivity index (χ3v) is 5.69. The van der Waals surface area contributed by atoms with Crippen molar-refractivity contribution in [3.63, 3.8) is 0 Å². The third kappa shape index (κ3) is 5.00. The average molecular weight is 485 g/mol. The van der Waals surface area contributed by atoms with Gasteiger partial charge in [0.05, 0.1) is 17.3 Å². The Morgan fingerprint density at radius 3 is 2.51 bits per heavy atom. The highest BCUT2D eigenvalue weighted by molar-refractivity contribution is 5.92. The number of rotatable bonds is 6. The lowest BCUT2D eigenvalue weighted by molar-refractivity contribution is -0.137. The molecule has 0 saturated heterocycles. The maximum atomic E-state index is 13.1. The molecule has 1 aliphatic rings. The predicted molar refractivity (Wildman–Crippen MR) is 121 cm³/mol. The van der Waals surface area contributed by atoms with Gasteiger partial charge in [-0.05, 0) is 36.6 Å². The van der Waals surface area contributed by atoms with Gasteiger partial charge >= 0.3 is 6.18 Å². The molecule has 0 bridgehead atoms. The molecule has 2 atom stereocenters. The summed E-state index contributed by atoms with van der Waals surface area (Å²) in [6, 6.07) is 9.65. The number of benzene rings is 1. The number of nitrogens with two attached hydrogens (primary N) is 2. The Morgan fingerprint density at radius 2 is 1.89 bits per heavy atom. The molecule has 2 amide bonds. The topological polar surface area (TPSA) is 140 Å². The number of amides is 2. The molecule has 0 fully saturated rings. The highest BCUT2D eigenvalue weighted by Crippen LogP contribution is 2.37. The van der Waals surface area contributed by atoms with Crippen molar-refractivity contribution in [1.29, 1.82) is 0 Å². The molecule has 3 heterocycles. The van der Waals surface area contributed by atoms with Gasteiger partial charge in [-0.15, -0.1) is 0 Å². The summed E-state index contributed by atoms with van der Waals surface area (Å²) in [5.74, 6) is -1.20. The van der Waals surface area contributed by atoms with E-state index >= 15 is 0 Å². The second-order valence-corrected chi connectivity index (χ2v) is 8.09. The number of nitrogens with zero attached hydrogens (tertiary/aromatic N) is 4. The van der Waals surface area contributed by atoms with E-state index in [9.17, 15) is 22.8 Å². The highest BCUT2D eigenvalue weighted by Gasteiger charge is 2.34. The van der Waals surface area contributed by atoms with Gasteiger partial charge in [-0.25, -0.2) is 4.98 Å². The van der Waals surface area contributed by atoms with Crippen molar-refractivity contribution < 1.29 is 22.8 Å². The van der Waals surface area contributed by atoms with Gasteiger partial charge in [0.1, 0.15) is 17.6 Å². The molecule has 9 nitrogen and oxygen atoms in total. The Morgan fingerprint density at radius 1 is 1.14 bits per heavy atom. The standard InChI is InChI=1S/C23H22F3N7O2/c1-12(20(27)34)30-18-10-17(21(28)35)31-22(32-18)33-9-8-13-4-2-3-5-15(13)19(33)16-7-6-14(11-29-16)23(24,25)26/h2-7,10-12,19H,8-9H2,1H3,(H2,27,34)(H2,28,35)(H,30,31,32). The van der Waals surface area contributed by atoms with Crippen LogP contribution in [0.3, 0.4) is 0 Å². The van der Waals surface area contributed by atoms with Crippen molar-refractivity contribution in [1.82, 2.24) is 15.0 Å². The molecule has 1 aliphatic heterocycles. The molecule has 0 radical (unpaired) electrons. The van der Waals surface area contributed by atoms with Crippen molar-refractivity contribution in [2.24, 2.45) is 11.5 Å². The minimum absolute atomic E-state index is 0.0988. The molecule has 3 aromatic rings. The summed E-state index contributed by atoms with van der Waals surface area (Å²) in [7, 11) is 0. The fourth-order valence-corrected chi connectivity index (χ4v) is 3.89. The molecule has 4 rings (SSSR count). The van der Waals surface area contributed by atoms with Crippen LogP contribution in [0.2, 0.25) is 0 Å². The number of carbonyl (C=O) groups excluding carboxylic acids is 2. The molecule has 2 aromatic heterocycles. The first-order valence-electron chi connectivity index (χ1n) is 10.7. The molecule has 1 aromatic carbocycles. The van der Waals surface area contributed by atoms with Crippen LogP contribution in [-0.2, 0) is 17.4 Å². The van der Waals surface area contributed by atoms with E-state index in [0.29, 0.717) is 18.7 Å². The van der Waals surface area contributed by atoms with Gasteiger partial charge in [-0.2, -0.15) is 18.2 Å². The van der Waals surface area contributed by atoms with E-state index in [1.165, 1.54) is 19.1 Å². The maximum Gasteiger partial charge on any atom is 0.417 e. The summed E-state index contributed by atoms with van der Waals surface area (Å²) in [5, 5.41) is 2.81. The lowest BCUT2D eigenvalue weighted by Gasteiger charge is -2.37. The second kappa shape index (κ2) is 9.20. The van der Waals surface area contributed by atoms with Gasteiger partial charge in [0, 0.05) is 18.8 Å². The van der Waals surface area contributed by atoms with E-state index in [1.807, 2.05) is 24.3 Å². The minimum Gasteiger partial charge on any atom is -0.368 e. The van der Waals surface area contributed by atoms with Crippen molar-refractivity contribution in [3.8, 4) is 0 Å². The molecule has 0 spiro atoms. The normalized spacial score (nSPS) is 16.3. The van der Waals surface area contributed by atoms with Gasteiger partial charge < -0.3 is 21.7 Å². The zero-order chi connectivity index (χ0) is 25.3. The first-order chi connectivity index (χ1) is 16.5. The first-order valence-corrected chi connectivity index (χ1v) is 10.7. The minimum atomic E-state index is -4.52. The number of carbonyl (C=O) groups is 2. The second-order valence-electron chi connectivity index (χ2n) is 8.09.